The molecule has 0 fully saturated rings. The Morgan fingerprint density at radius 2 is 2.11 bits per heavy atom. The van der Waals surface area contributed by atoms with Crippen LogP contribution in [0.3, 0.4) is 0 Å². The minimum Gasteiger partial charge on any atom is -0.480 e. The van der Waals surface area contributed by atoms with Crippen molar-refractivity contribution in [1.82, 2.24) is 9.55 Å². The highest BCUT2D eigenvalue weighted by Crippen LogP contribution is 2.24. The van der Waals surface area contributed by atoms with Crippen molar-refractivity contribution in [1.29, 1.82) is 0 Å². The molecule has 5 nitrogen and oxygen atoms in total. The second-order valence-electron chi connectivity index (χ2n) is 4.55. The zero-order valence-electron chi connectivity index (χ0n) is 11.2. The van der Waals surface area contributed by atoms with Gasteiger partial charge in [-0.05, 0) is 38.5 Å². The zero-order chi connectivity index (χ0) is 14.2. The van der Waals surface area contributed by atoms with Gasteiger partial charge in [-0.25, -0.2) is 9.78 Å². The van der Waals surface area contributed by atoms with Gasteiger partial charge in [0.25, 0.3) is 0 Å². The molecular formula is C14H16N2O3. The van der Waals surface area contributed by atoms with Gasteiger partial charge in [0.15, 0.2) is 5.78 Å². The van der Waals surface area contributed by atoms with E-state index in [0.29, 0.717) is 23.3 Å². The molecule has 0 aliphatic heterocycles. The number of aryl methyl sites for hydroxylation is 1. The number of aliphatic carboxylic acids is 1. The van der Waals surface area contributed by atoms with Crippen molar-refractivity contribution in [2.45, 2.75) is 33.2 Å². The molecule has 1 unspecified atom stereocenters. The smallest absolute Gasteiger partial charge is 0.326 e. The van der Waals surface area contributed by atoms with E-state index in [4.69, 9.17) is 0 Å². The largest absolute Gasteiger partial charge is 0.480 e. The molecule has 19 heavy (non-hydrogen) atoms. The lowest BCUT2D eigenvalue weighted by Crippen LogP contribution is -2.19. The van der Waals surface area contributed by atoms with Crippen molar-refractivity contribution in [3.8, 4) is 0 Å². The molecule has 0 spiro atoms. The molecule has 5 heteroatoms. The quantitative estimate of drug-likeness (QED) is 0.857. The summed E-state index contributed by atoms with van der Waals surface area (Å²) in [7, 11) is 0. The maximum Gasteiger partial charge on any atom is 0.326 e. The number of imidazole rings is 1. The third-order valence-corrected chi connectivity index (χ3v) is 3.26. The maximum absolute atomic E-state index is 11.4. The molecule has 2 aromatic rings. The first-order chi connectivity index (χ1) is 8.95. The van der Waals surface area contributed by atoms with Gasteiger partial charge in [0.2, 0.25) is 0 Å². The highest BCUT2D eigenvalue weighted by atomic mass is 16.4. The monoisotopic (exact) mass is 260 g/mol. The predicted molar refractivity (Wildman–Crippen MR) is 71.4 cm³/mol. The molecule has 0 radical (unpaired) electrons. The van der Waals surface area contributed by atoms with Crippen LogP contribution in [-0.4, -0.2) is 26.4 Å². The number of hydrogen-bond acceptors (Lipinski definition) is 3. The Morgan fingerprint density at radius 1 is 1.42 bits per heavy atom. The number of ketones is 1. The van der Waals surface area contributed by atoms with Crippen molar-refractivity contribution in [3.63, 3.8) is 0 Å². The second kappa shape index (κ2) is 4.84. The van der Waals surface area contributed by atoms with Crippen LogP contribution < -0.4 is 0 Å². The number of hydrogen-bond donors (Lipinski definition) is 1. The molecule has 1 aromatic heterocycles. The number of carbonyl (C=O) groups is 2. The number of aromatic nitrogens is 2. The summed E-state index contributed by atoms with van der Waals surface area (Å²) >= 11 is 0. The average molecular weight is 260 g/mol. The van der Waals surface area contributed by atoms with Gasteiger partial charge in [-0.15, -0.1) is 0 Å². The molecule has 100 valence electrons. The Bertz CT molecular complexity index is 658. The summed E-state index contributed by atoms with van der Waals surface area (Å²) in [6.07, 6.45) is 0.482. The lowest BCUT2D eigenvalue weighted by atomic mass is 10.1. The Hall–Kier alpha value is -2.17. The Morgan fingerprint density at radius 3 is 2.63 bits per heavy atom. The number of Topliss-reactive ketones (excluding diaryl/α,β-unsaturated/α-hetero) is 1. The number of carbonyl (C=O) groups excluding carboxylic acids is 1. The first-order valence-electron chi connectivity index (χ1n) is 6.18. The lowest BCUT2D eigenvalue weighted by Gasteiger charge is -2.14. The topological polar surface area (TPSA) is 72.2 Å². The van der Waals surface area contributed by atoms with Crippen molar-refractivity contribution in [3.05, 3.63) is 29.6 Å². The van der Waals surface area contributed by atoms with E-state index in [2.05, 4.69) is 4.98 Å². The molecule has 2 rings (SSSR count). The number of fused-ring (bicyclic) bond motifs is 1. The van der Waals surface area contributed by atoms with E-state index >= 15 is 0 Å². The summed E-state index contributed by atoms with van der Waals surface area (Å²) in [6, 6.07) is 4.54. The Balaban J connectivity index is 2.66. The van der Waals surface area contributed by atoms with Crippen molar-refractivity contribution >= 4 is 22.8 Å². The van der Waals surface area contributed by atoms with Crippen molar-refractivity contribution in [2.24, 2.45) is 0 Å². The van der Waals surface area contributed by atoms with Crippen molar-refractivity contribution in [2.75, 3.05) is 0 Å². The minimum absolute atomic E-state index is 0.0284. The molecule has 0 saturated heterocycles. The molecule has 0 amide bonds. The molecule has 0 saturated carbocycles. The van der Waals surface area contributed by atoms with Gasteiger partial charge in [-0.2, -0.15) is 0 Å². The molecule has 0 bridgehead atoms. The predicted octanol–water partition coefficient (Wildman–Crippen LogP) is 2.58. The SMILES string of the molecule is CCC(C(=O)O)n1c(C)nc2cc(C(C)=O)ccc21. The highest BCUT2D eigenvalue weighted by molar-refractivity contribution is 5.97. The maximum atomic E-state index is 11.4. The molecule has 0 aliphatic carbocycles. The molecular weight excluding hydrogens is 244 g/mol. The lowest BCUT2D eigenvalue weighted by molar-refractivity contribution is -0.140. The van der Waals surface area contributed by atoms with Gasteiger partial charge in [-0.3, -0.25) is 4.79 Å². The fraction of sp³-hybridized carbons (Fsp3) is 0.357. The zero-order valence-corrected chi connectivity index (χ0v) is 11.2. The van der Waals surface area contributed by atoms with Crippen LogP contribution in [0, 0.1) is 6.92 Å². The number of nitrogens with zero attached hydrogens (tertiary/aromatic N) is 2. The van der Waals surface area contributed by atoms with E-state index in [1.54, 1.807) is 29.7 Å². The molecule has 1 aromatic carbocycles. The summed E-state index contributed by atoms with van der Waals surface area (Å²) in [5.41, 5.74) is 1.99. The van der Waals surface area contributed by atoms with Gasteiger partial charge in [-0.1, -0.05) is 6.92 Å². The minimum atomic E-state index is -0.874. The van der Waals surface area contributed by atoms with Crippen LogP contribution in [0.25, 0.3) is 11.0 Å². The fourth-order valence-corrected chi connectivity index (χ4v) is 2.30. The average Bonchev–Trinajstić information content (AvgIpc) is 2.66. The molecule has 1 heterocycles. The van der Waals surface area contributed by atoms with Crippen LogP contribution >= 0.6 is 0 Å². The fourth-order valence-electron chi connectivity index (χ4n) is 2.30. The first kappa shape index (κ1) is 13.3. The van der Waals surface area contributed by atoms with E-state index in [1.807, 2.05) is 6.92 Å². The van der Waals surface area contributed by atoms with E-state index in [1.165, 1.54) is 6.92 Å². The Labute approximate surface area is 110 Å². The van der Waals surface area contributed by atoms with Crippen LogP contribution in [0.1, 0.15) is 42.5 Å². The summed E-state index contributed by atoms with van der Waals surface area (Å²) < 4.78 is 1.71. The Kier molecular flexibility index (Phi) is 3.38. The first-order valence-corrected chi connectivity index (χ1v) is 6.18. The van der Waals surface area contributed by atoms with Gasteiger partial charge in [0.1, 0.15) is 11.9 Å². The summed E-state index contributed by atoms with van der Waals surface area (Å²) in [6.45, 7) is 5.10. The highest BCUT2D eigenvalue weighted by Gasteiger charge is 2.22. The standard InChI is InChI=1S/C14H16N2O3/c1-4-12(14(18)19)16-9(3)15-11-7-10(8(2)17)5-6-13(11)16/h5-7,12H,4H2,1-3H3,(H,18,19). The van der Waals surface area contributed by atoms with Gasteiger partial charge in [0.05, 0.1) is 11.0 Å². The van der Waals surface area contributed by atoms with Gasteiger partial charge in [0, 0.05) is 5.56 Å². The third kappa shape index (κ3) is 2.23. The summed E-state index contributed by atoms with van der Waals surface area (Å²) in [4.78, 5) is 27.0. The number of carboxylic acids is 1. The number of rotatable bonds is 4. The summed E-state index contributed by atoms with van der Waals surface area (Å²) in [5.74, 6) is -0.259. The van der Waals surface area contributed by atoms with E-state index in [-0.39, 0.29) is 5.78 Å². The van der Waals surface area contributed by atoms with Crippen molar-refractivity contribution < 1.29 is 14.7 Å². The van der Waals surface area contributed by atoms with Crippen LogP contribution in [0.15, 0.2) is 18.2 Å². The van der Waals surface area contributed by atoms with Gasteiger partial charge < -0.3 is 9.67 Å². The van der Waals surface area contributed by atoms with E-state index in [0.717, 1.165) is 5.52 Å². The number of benzene rings is 1. The molecule has 1 N–H and O–H groups in total. The molecule has 1 atom stereocenters. The van der Waals surface area contributed by atoms with Crippen LogP contribution in [0.5, 0.6) is 0 Å². The van der Waals surface area contributed by atoms with E-state index in [9.17, 15) is 14.7 Å². The van der Waals surface area contributed by atoms with Gasteiger partial charge >= 0.3 is 5.97 Å². The summed E-state index contributed by atoms with van der Waals surface area (Å²) in [5, 5.41) is 9.27. The molecule has 0 aliphatic rings. The second-order valence-corrected chi connectivity index (χ2v) is 4.55. The van der Waals surface area contributed by atoms with Crippen LogP contribution in [0.4, 0.5) is 0 Å². The normalized spacial score (nSPS) is 12.6. The number of carboxylic acid groups (broad SMARTS) is 1. The third-order valence-electron chi connectivity index (χ3n) is 3.26. The van der Waals surface area contributed by atoms with Crippen LogP contribution in [0.2, 0.25) is 0 Å². The van der Waals surface area contributed by atoms with E-state index < -0.39 is 12.0 Å². The van der Waals surface area contributed by atoms with Crippen LogP contribution in [-0.2, 0) is 4.79 Å².